The van der Waals surface area contributed by atoms with Crippen molar-refractivity contribution in [3.8, 4) is 0 Å². The Labute approximate surface area is 139 Å². The predicted octanol–water partition coefficient (Wildman–Crippen LogP) is 5.25. The van der Waals surface area contributed by atoms with E-state index in [-0.39, 0.29) is 0 Å². The van der Waals surface area contributed by atoms with Gasteiger partial charge in [-0.15, -0.1) is 0 Å². The summed E-state index contributed by atoms with van der Waals surface area (Å²) in [6.07, 6.45) is 3.83. The SMILES string of the molecule is C=C(Nc1ccc(CCCC)cc1)C(O)c1ccc(CC)cc1. The molecule has 2 rings (SSSR count). The normalized spacial score (nSPS) is 12.0. The summed E-state index contributed by atoms with van der Waals surface area (Å²) in [5.74, 6) is 0. The number of unbranched alkanes of at least 4 members (excludes halogenated alkanes) is 1. The van der Waals surface area contributed by atoms with Gasteiger partial charge in [-0.25, -0.2) is 0 Å². The van der Waals surface area contributed by atoms with Gasteiger partial charge in [0.25, 0.3) is 0 Å². The van der Waals surface area contributed by atoms with Crippen molar-refractivity contribution in [3.63, 3.8) is 0 Å². The lowest BCUT2D eigenvalue weighted by Gasteiger charge is -2.17. The predicted molar refractivity (Wildman–Crippen MR) is 98.6 cm³/mol. The highest BCUT2D eigenvalue weighted by Crippen LogP contribution is 2.23. The molecule has 0 aliphatic carbocycles. The third kappa shape index (κ3) is 4.97. The van der Waals surface area contributed by atoms with Gasteiger partial charge in [-0.1, -0.05) is 63.2 Å². The second kappa shape index (κ2) is 8.54. The third-order valence-corrected chi connectivity index (χ3v) is 4.11. The van der Waals surface area contributed by atoms with E-state index in [1.54, 1.807) is 0 Å². The number of nitrogens with one attached hydrogen (secondary N) is 1. The number of aliphatic hydroxyl groups is 1. The molecule has 0 spiro atoms. The number of hydrogen-bond acceptors (Lipinski definition) is 2. The van der Waals surface area contributed by atoms with Gasteiger partial charge in [-0.3, -0.25) is 0 Å². The molecule has 0 heterocycles. The van der Waals surface area contributed by atoms with Gasteiger partial charge in [0.2, 0.25) is 0 Å². The van der Waals surface area contributed by atoms with Gasteiger partial charge < -0.3 is 10.4 Å². The topological polar surface area (TPSA) is 32.3 Å². The van der Waals surface area contributed by atoms with Crippen molar-refractivity contribution in [2.75, 3.05) is 5.32 Å². The Hall–Kier alpha value is -2.06. The van der Waals surface area contributed by atoms with E-state index in [2.05, 4.69) is 37.9 Å². The minimum atomic E-state index is -0.708. The van der Waals surface area contributed by atoms with Crippen molar-refractivity contribution in [1.29, 1.82) is 0 Å². The molecule has 0 saturated heterocycles. The van der Waals surface area contributed by atoms with Crippen LogP contribution in [-0.4, -0.2) is 5.11 Å². The van der Waals surface area contributed by atoms with Gasteiger partial charge in [0, 0.05) is 11.4 Å². The first-order chi connectivity index (χ1) is 11.1. The average Bonchev–Trinajstić information content (AvgIpc) is 2.60. The molecule has 23 heavy (non-hydrogen) atoms. The summed E-state index contributed by atoms with van der Waals surface area (Å²) in [7, 11) is 0. The van der Waals surface area contributed by atoms with Gasteiger partial charge in [0.15, 0.2) is 0 Å². The fraction of sp³-hybridized carbons (Fsp3) is 0.333. The first-order valence-corrected chi connectivity index (χ1v) is 8.45. The maximum Gasteiger partial charge on any atom is 0.118 e. The van der Waals surface area contributed by atoms with Crippen LogP contribution in [0.4, 0.5) is 5.69 Å². The van der Waals surface area contributed by atoms with Crippen molar-refractivity contribution >= 4 is 5.69 Å². The molecule has 0 radical (unpaired) electrons. The lowest BCUT2D eigenvalue weighted by atomic mass is 10.0. The smallest absolute Gasteiger partial charge is 0.118 e. The van der Waals surface area contributed by atoms with Crippen LogP contribution in [0, 0.1) is 0 Å². The van der Waals surface area contributed by atoms with Gasteiger partial charge in [-0.2, -0.15) is 0 Å². The quantitative estimate of drug-likeness (QED) is 0.698. The minimum absolute atomic E-state index is 0.593. The second-order valence-corrected chi connectivity index (χ2v) is 5.95. The highest BCUT2D eigenvalue weighted by atomic mass is 16.3. The Morgan fingerprint density at radius 2 is 1.61 bits per heavy atom. The summed E-state index contributed by atoms with van der Waals surface area (Å²) in [5.41, 5.74) is 5.02. The molecule has 0 fully saturated rings. The highest BCUT2D eigenvalue weighted by Gasteiger charge is 2.11. The first-order valence-electron chi connectivity index (χ1n) is 8.45. The number of hydrogen-bond donors (Lipinski definition) is 2. The van der Waals surface area contributed by atoms with Crippen molar-refractivity contribution in [1.82, 2.24) is 0 Å². The van der Waals surface area contributed by atoms with Gasteiger partial charge in [0.1, 0.15) is 6.10 Å². The molecule has 0 saturated carbocycles. The van der Waals surface area contributed by atoms with Crippen LogP contribution >= 0.6 is 0 Å². The van der Waals surface area contributed by atoms with Crippen LogP contribution < -0.4 is 5.32 Å². The van der Waals surface area contributed by atoms with E-state index in [9.17, 15) is 5.11 Å². The summed E-state index contributed by atoms with van der Waals surface area (Å²) < 4.78 is 0. The fourth-order valence-electron chi connectivity index (χ4n) is 2.53. The van der Waals surface area contributed by atoms with E-state index >= 15 is 0 Å². The lowest BCUT2D eigenvalue weighted by molar-refractivity contribution is 0.217. The van der Waals surface area contributed by atoms with Gasteiger partial charge in [-0.05, 0) is 48.1 Å². The average molecular weight is 309 g/mol. The monoisotopic (exact) mass is 309 g/mol. The maximum absolute atomic E-state index is 10.4. The molecule has 0 aromatic heterocycles. The molecule has 1 unspecified atom stereocenters. The molecule has 2 N–H and O–H groups in total. The molecule has 1 atom stereocenters. The third-order valence-electron chi connectivity index (χ3n) is 4.11. The van der Waals surface area contributed by atoms with Crippen molar-refractivity contribution in [2.45, 2.75) is 45.6 Å². The summed E-state index contributed by atoms with van der Waals surface area (Å²) in [5, 5.41) is 13.6. The van der Waals surface area contributed by atoms with Crippen LogP contribution in [0.1, 0.15) is 49.5 Å². The minimum Gasteiger partial charge on any atom is -0.382 e. The molecule has 122 valence electrons. The Morgan fingerprint density at radius 1 is 1.00 bits per heavy atom. The molecule has 0 aliphatic rings. The van der Waals surface area contributed by atoms with Gasteiger partial charge in [0.05, 0.1) is 0 Å². The molecule has 0 bridgehead atoms. The van der Waals surface area contributed by atoms with Crippen LogP contribution in [0.2, 0.25) is 0 Å². The largest absolute Gasteiger partial charge is 0.382 e. The van der Waals surface area contributed by atoms with Crippen LogP contribution in [0.3, 0.4) is 0 Å². The number of aryl methyl sites for hydroxylation is 2. The van der Waals surface area contributed by atoms with E-state index in [1.807, 2.05) is 36.4 Å². The number of rotatable bonds is 8. The summed E-state index contributed by atoms with van der Waals surface area (Å²) in [4.78, 5) is 0. The standard InChI is InChI=1S/C21H27NO/c1-4-6-7-18-10-14-20(15-11-18)22-16(3)21(23)19-12-8-17(5-2)9-13-19/h8-15,21-23H,3-7H2,1-2H3. The lowest BCUT2D eigenvalue weighted by Crippen LogP contribution is -2.09. The van der Waals surface area contributed by atoms with Crippen molar-refractivity contribution < 1.29 is 5.11 Å². The Morgan fingerprint density at radius 3 is 2.17 bits per heavy atom. The van der Waals surface area contributed by atoms with Crippen LogP contribution in [0.25, 0.3) is 0 Å². The van der Waals surface area contributed by atoms with Crippen LogP contribution in [-0.2, 0) is 12.8 Å². The fourth-order valence-corrected chi connectivity index (χ4v) is 2.53. The van der Waals surface area contributed by atoms with Crippen molar-refractivity contribution in [2.24, 2.45) is 0 Å². The number of aliphatic hydroxyl groups excluding tert-OH is 1. The zero-order chi connectivity index (χ0) is 16.7. The van der Waals surface area contributed by atoms with E-state index in [0.717, 1.165) is 24.1 Å². The zero-order valence-electron chi connectivity index (χ0n) is 14.2. The highest BCUT2D eigenvalue weighted by molar-refractivity contribution is 5.50. The van der Waals surface area contributed by atoms with Crippen molar-refractivity contribution in [3.05, 3.63) is 77.5 Å². The van der Waals surface area contributed by atoms with E-state index in [4.69, 9.17) is 0 Å². The second-order valence-electron chi connectivity index (χ2n) is 5.95. The van der Waals surface area contributed by atoms with Gasteiger partial charge >= 0.3 is 0 Å². The summed E-state index contributed by atoms with van der Waals surface area (Å²) in [6, 6.07) is 16.4. The molecule has 2 aromatic rings. The summed E-state index contributed by atoms with van der Waals surface area (Å²) in [6.45, 7) is 8.30. The Kier molecular flexibility index (Phi) is 6.42. The Bertz CT molecular complexity index is 613. The Balaban J connectivity index is 1.97. The van der Waals surface area contributed by atoms with Crippen LogP contribution in [0.5, 0.6) is 0 Å². The molecule has 2 aromatic carbocycles. The summed E-state index contributed by atoms with van der Waals surface area (Å²) >= 11 is 0. The molecule has 0 aliphatic heterocycles. The van der Waals surface area contributed by atoms with Crippen LogP contribution in [0.15, 0.2) is 60.8 Å². The molecular weight excluding hydrogens is 282 g/mol. The van der Waals surface area contributed by atoms with E-state index in [1.165, 1.54) is 24.0 Å². The maximum atomic E-state index is 10.4. The molecule has 2 heteroatoms. The molecule has 2 nitrogen and oxygen atoms in total. The van der Waals surface area contributed by atoms with E-state index < -0.39 is 6.10 Å². The van der Waals surface area contributed by atoms with E-state index in [0.29, 0.717) is 5.70 Å². The first kappa shape index (κ1) is 17.3. The number of benzene rings is 2. The number of anilines is 1. The molecule has 0 amide bonds. The zero-order valence-corrected chi connectivity index (χ0v) is 14.2. The molecular formula is C21H27NO.